The Labute approximate surface area is 146 Å². The third-order valence-corrected chi connectivity index (χ3v) is 4.53. The molecule has 4 nitrogen and oxygen atoms in total. The fraction of sp³-hybridized carbons (Fsp3) is 0.238. The number of nitriles is 1. The van der Waals surface area contributed by atoms with E-state index >= 15 is 0 Å². The first-order valence-electron chi connectivity index (χ1n) is 8.25. The van der Waals surface area contributed by atoms with Gasteiger partial charge in [0.15, 0.2) is 0 Å². The second-order valence-corrected chi connectivity index (χ2v) is 6.44. The van der Waals surface area contributed by atoms with Crippen molar-refractivity contribution in [3.63, 3.8) is 0 Å². The number of nitrogens with zero attached hydrogens (tertiary/aromatic N) is 1. The van der Waals surface area contributed by atoms with Gasteiger partial charge in [-0.1, -0.05) is 30.3 Å². The van der Waals surface area contributed by atoms with Gasteiger partial charge in [-0.3, -0.25) is 4.79 Å². The molecule has 126 valence electrons. The summed E-state index contributed by atoms with van der Waals surface area (Å²) in [6, 6.07) is 19.6. The minimum Gasteiger partial charge on any atom is -0.494 e. The summed E-state index contributed by atoms with van der Waals surface area (Å²) in [7, 11) is 0. The van der Waals surface area contributed by atoms with Crippen molar-refractivity contribution in [3.05, 3.63) is 76.1 Å². The molecule has 4 heteroatoms. The lowest BCUT2D eigenvalue weighted by molar-refractivity contribution is 0.285. The molecule has 25 heavy (non-hydrogen) atoms. The molecule has 0 radical (unpaired) electrons. The van der Waals surface area contributed by atoms with Gasteiger partial charge in [0, 0.05) is 17.5 Å². The van der Waals surface area contributed by atoms with Gasteiger partial charge in [-0.05, 0) is 49.1 Å². The molecule has 0 aliphatic carbocycles. The normalized spacial score (nSPS) is 13.2. The molecule has 0 aliphatic rings. The molecule has 0 saturated heterocycles. The van der Waals surface area contributed by atoms with E-state index in [1.54, 1.807) is 6.92 Å². The van der Waals surface area contributed by atoms with E-state index in [0.717, 1.165) is 22.2 Å². The first-order chi connectivity index (χ1) is 12.0. The average Bonchev–Trinajstić information content (AvgIpc) is 2.63. The van der Waals surface area contributed by atoms with Crippen molar-refractivity contribution in [2.75, 3.05) is 6.61 Å². The zero-order chi connectivity index (χ0) is 17.9. The van der Waals surface area contributed by atoms with Crippen LogP contribution in [0.1, 0.15) is 24.5 Å². The number of benzene rings is 2. The van der Waals surface area contributed by atoms with Gasteiger partial charge in [-0.2, -0.15) is 5.26 Å². The SMILES string of the molecule is Cc1cc2ccc([C@@](C)(C#N)CCOc3ccccc3)cc2[nH]c1=O. The molecule has 0 amide bonds. The molecule has 1 aromatic heterocycles. The average molecular weight is 332 g/mol. The van der Waals surface area contributed by atoms with Crippen molar-refractivity contribution in [1.82, 2.24) is 4.98 Å². The quantitative estimate of drug-likeness (QED) is 0.765. The molecule has 1 heterocycles. The number of H-pyrrole nitrogens is 1. The smallest absolute Gasteiger partial charge is 0.251 e. The summed E-state index contributed by atoms with van der Waals surface area (Å²) in [5, 5.41) is 10.7. The summed E-state index contributed by atoms with van der Waals surface area (Å²) in [5.41, 5.74) is 1.51. The molecular weight excluding hydrogens is 312 g/mol. The van der Waals surface area contributed by atoms with Crippen LogP contribution < -0.4 is 10.3 Å². The van der Waals surface area contributed by atoms with Crippen molar-refractivity contribution >= 4 is 10.9 Å². The van der Waals surface area contributed by atoms with Crippen LogP contribution >= 0.6 is 0 Å². The molecule has 3 aromatic rings. The maximum Gasteiger partial charge on any atom is 0.251 e. The Kier molecular flexibility index (Phi) is 4.58. The van der Waals surface area contributed by atoms with E-state index in [4.69, 9.17) is 4.74 Å². The van der Waals surface area contributed by atoms with Crippen LogP contribution in [0, 0.1) is 18.3 Å². The number of aromatic amines is 1. The van der Waals surface area contributed by atoms with Crippen LogP contribution in [0.25, 0.3) is 10.9 Å². The molecule has 0 fully saturated rings. The van der Waals surface area contributed by atoms with Crippen molar-refractivity contribution in [2.24, 2.45) is 0 Å². The van der Waals surface area contributed by atoms with E-state index in [1.165, 1.54) is 0 Å². The molecule has 2 aromatic carbocycles. The van der Waals surface area contributed by atoms with Gasteiger partial charge >= 0.3 is 0 Å². The molecular formula is C21H20N2O2. The van der Waals surface area contributed by atoms with E-state index in [0.29, 0.717) is 18.6 Å². The van der Waals surface area contributed by atoms with E-state index < -0.39 is 5.41 Å². The van der Waals surface area contributed by atoms with Crippen LogP contribution in [-0.2, 0) is 5.41 Å². The van der Waals surface area contributed by atoms with Crippen molar-refractivity contribution in [1.29, 1.82) is 5.26 Å². The summed E-state index contributed by atoms with van der Waals surface area (Å²) in [4.78, 5) is 14.7. The number of fused-ring (bicyclic) bond motifs is 1. The zero-order valence-electron chi connectivity index (χ0n) is 14.4. The van der Waals surface area contributed by atoms with E-state index in [9.17, 15) is 10.1 Å². The Morgan fingerprint density at radius 2 is 1.92 bits per heavy atom. The number of para-hydroxylation sites is 1. The van der Waals surface area contributed by atoms with E-state index in [-0.39, 0.29) is 5.56 Å². The third-order valence-electron chi connectivity index (χ3n) is 4.53. The number of nitrogens with one attached hydrogen (secondary N) is 1. The van der Waals surface area contributed by atoms with Crippen LogP contribution in [0.2, 0.25) is 0 Å². The van der Waals surface area contributed by atoms with E-state index in [2.05, 4.69) is 11.1 Å². The summed E-state index contributed by atoms with van der Waals surface area (Å²) in [5.74, 6) is 0.793. The number of pyridine rings is 1. The monoisotopic (exact) mass is 332 g/mol. The number of ether oxygens (including phenoxy) is 1. The Bertz CT molecular complexity index is 986. The molecule has 0 unspecified atom stereocenters. The molecule has 0 spiro atoms. The molecule has 1 N–H and O–H groups in total. The summed E-state index contributed by atoms with van der Waals surface area (Å²) < 4.78 is 5.74. The minimum atomic E-state index is -0.690. The molecule has 1 atom stereocenters. The highest BCUT2D eigenvalue weighted by Gasteiger charge is 2.27. The predicted octanol–water partition coefficient (Wildman–Crippen LogP) is 4.09. The first kappa shape index (κ1) is 16.8. The van der Waals surface area contributed by atoms with Gasteiger partial charge in [0.1, 0.15) is 5.75 Å². The summed E-state index contributed by atoms with van der Waals surface area (Å²) >= 11 is 0. The van der Waals surface area contributed by atoms with Gasteiger partial charge in [-0.15, -0.1) is 0 Å². The van der Waals surface area contributed by atoms with Crippen molar-refractivity contribution in [2.45, 2.75) is 25.7 Å². The first-order valence-corrected chi connectivity index (χ1v) is 8.25. The number of rotatable bonds is 5. The highest BCUT2D eigenvalue weighted by molar-refractivity contribution is 5.80. The lowest BCUT2D eigenvalue weighted by Crippen LogP contribution is -2.23. The molecule has 0 bridgehead atoms. The van der Waals surface area contributed by atoms with Crippen LogP contribution in [0.15, 0.2) is 59.4 Å². The Morgan fingerprint density at radius 3 is 2.64 bits per heavy atom. The highest BCUT2D eigenvalue weighted by Crippen LogP contribution is 2.29. The van der Waals surface area contributed by atoms with Crippen molar-refractivity contribution < 1.29 is 4.74 Å². The van der Waals surface area contributed by atoms with Crippen LogP contribution in [0.3, 0.4) is 0 Å². The maximum absolute atomic E-state index is 11.9. The fourth-order valence-corrected chi connectivity index (χ4v) is 2.81. The van der Waals surface area contributed by atoms with Crippen LogP contribution in [0.4, 0.5) is 0 Å². The van der Waals surface area contributed by atoms with Gasteiger partial charge in [0.05, 0.1) is 18.1 Å². The lowest BCUT2D eigenvalue weighted by Gasteiger charge is -2.22. The third kappa shape index (κ3) is 3.56. The predicted molar refractivity (Wildman–Crippen MR) is 98.8 cm³/mol. The van der Waals surface area contributed by atoms with Gasteiger partial charge in [0.25, 0.3) is 5.56 Å². The molecule has 0 aliphatic heterocycles. The van der Waals surface area contributed by atoms with Gasteiger partial charge < -0.3 is 9.72 Å². The lowest BCUT2D eigenvalue weighted by atomic mass is 9.81. The minimum absolute atomic E-state index is 0.101. The standard InChI is InChI=1S/C21H20N2O2/c1-15-12-16-8-9-17(13-19(16)23-20(15)24)21(2,14-22)10-11-25-18-6-4-3-5-7-18/h3-9,12-13H,10-11H2,1-2H3,(H,23,24)/t21-/m1/s1. The molecule has 3 rings (SSSR count). The number of hydrogen-bond donors (Lipinski definition) is 1. The van der Waals surface area contributed by atoms with E-state index in [1.807, 2.05) is 61.5 Å². The second-order valence-electron chi connectivity index (χ2n) is 6.44. The largest absolute Gasteiger partial charge is 0.494 e. The Morgan fingerprint density at radius 1 is 1.16 bits per heavy atom. The second kappa shape index (κ2) is 6.82. The molecule has 0 saturated carbocycles. The fourth-order valence-electron chi connectivity index (χ4n) is 2.81. The maximum atomic E-state index is 11.9. The van der Waals surface area contributed by atoms with Crippen LogP contribution in [0.5, 0.6) is 5.75 Å². The number of aromatic nitrogens is 1. The van der Waals surface area contributed by atoms with Gasteiger partial charge in [0.2, 0.25) is 0 Å². The summed E-state index contributed by atoms with van der Waals surface area (Å²) in [6.45, 7) is 4.12. The zero-order valence-corrected chi connectivity index (χ0v) is 14.4. The van der Waals surface area contributed by atoms with Crippen molar-refractivity contribution in [3.8, 4) is 11.8 Å². The Balaban J connectivity index is 1.83. The van der Waals surface area contributed by atoms with Crippen LogP contribution in [-0.4, -0.2) is 11.6 Å². The summed E-state index contributed by atoms with van der Waals surface area (Å²) in [6.07, 6.45) is 0.556. The topological polar surface area (TPSA) is 65.9 Å². The van der Waals surface area contributed by atoms with Gasteiger partial charge in [-0.25, -0.2) is 0 Å². The number of aryl methyl sites for hydroxylation is 1. The Hall–Kier alpha value is -3.06. The number of hydrogen-bond acceptors (Lipinski definition) is 3. The highest BCUT2D eigenvalue weighted by atomic mass is 16.5.